The van der Waals surface area contributed by atoms with Crippen molar-refractivity contribution in [2.45, 2.75) is 39.9 Å². The van der Waals surface area contributed by atoms with E-state index in [-0.39, 0.29) is 6.04 Å². The van der Waals surface area contributed by atoms with Crippen LogP contribution in [0.5, 0.6) is 0 Å². The van der Waals surface area contributed by atoms with E-state index in [1.165, 1.54) is 5.56 Å². The molecule has 0 aromatic carbocycles. The molecule has 0 radical (unpaired) electrons. The van der Waals surface area contributed by atoms with Gasteiger partial charge in [0.1, 0.15) is 0 Å². The smallest absolute Gasteiger partial charge is 0.0534 e. The highest BCUT2D eigenvalue weighted by atomic mass is 15.3. The summed E-state index contributed by atoms with van der Waals surface area (Å²) in [5.41, 5.74) is 7.05. The molecule has 0 aliphatic heterocycles. The van der Waals surface area contributed by atoms with Gasteiger partial charge in [0.2, 0.25) is 0 Å². The Bertz CT molecular complexity index is 280. The lowest BCUT2D eigenvalue weighted by Gasteiger charge is -2.21. The van der Waals surface area contributed by atoms with Crippen LogP contribution in [0.15, 0.2) is 12.4 Å². The van der Waals surface area contributed by atoms with E-state index in [1.807, 2.05) is 17.8 Å². The molecule has 0 aliphatic rings. The minimum Gasteiger partial charge on any atom is -0.327 e. The maximum Gasteiger partial charge on any atom is 0.0534 e. The van der Waals surface area contributed by atoms with E-state index in [9.17, 15) is 0 Å². The molecule has 4 heteroatoms. The molecule has 1 rings (SSSR count). The first-order valence-electron chi connectivity index (χ1n) is 5.65. The summed E-state index contributed by atoms with van der Waals surface area (Å²) in [5.74, 6) is 0. The van der Waals surface area contributed by atoms with Gasteiger partial charge in [0.25, 0.3) is 0 Å². The van der Waals surface area contributed by atoms with Crippen LogP contribution in [-0.2, 0) is 13.1 Å². The monoisotopic (exact) mass is 210 g/mol. The zero-order valence-electron chi connectivity index (χ0n) is 9.98. The molecule has 4 nitrogen and oxygen atoms in total. The summed E-state index contributed by atoms with van der Waals surface area (Å²) < 4.78 is 1.95. The van der Waals surface area contributed by atoms with Gasteiger partial charge in [-0.25, -0.2) is 0 Å². The average molecular weight is 210 g/mol. The van der Waals surface area contributed by atoms with Crippen LogP contribution in [0.3, 0.4) is 0 Å². The molecule has 86 valence electrons. The number of nitrogens with two attached hydrogens (primary N) is 1. The molecule has 0 saturated heterocycles. The SMILES string of the molecule is CCN(Cc1cnn(CC)c1)CC(C)N. The lowest BCUT2D eigenvalue weighted by Crippen LogP contribution is -2.34. The van der Waals surface area contributed by atoms with Crippen molar-refractivity contribution in [1.82, 2.24) is 14.7 Å². The molecule has 0 amide bonds. The van der Waals surface area contributed by atoms with E-state index >= 15 is 0 Å². The van der Waals surface area contributed by atoms with Crippen molar-refractivity contribution in [3.63, 3.8) is 0 Å². The topological polar surface area (TPSA) is 47.1 Å². The second-order valence-electron chi connectivity index (χ2n) is 4.01. The van der Waals surface area contributed by atoms with Crippen molar-refractivity contribution in [1.29, 1.82) is 0 Å². The molecular formula is C11H22N4. The van der Waals surface area contributed by atoms with E-state index in [0.717, 1.165) is 26.2 Å². The normalized spacial score (nSPS) is 13.4. The van der Waals surface area contributed by atoms with E-state index in [4.69, 9.17) is 5.73 Å². The molecule has 0 aliphatic carbocycles. The highest BCUT2D eigenvalue weighted by molar-refractivity contribution is 5.03. The molecule has 2 N–H and O–H groups in total. The molecule has 0 bridgehead atoms. The number of likely N-dealkylation sites (N-methyl/N-ethyl adjacent to an activating group) is 1. The molecule has 0 saturated carbocycles. The van der Waals surface area contributed by atoms with E-state index in [2.05, 4.69) is 30.0 Å². The number of aromatic nitrogens is 2. The van der Waals surface area contributed by atoms with Crippen LogP contribution in [-0.4, -0.2) is 33.8 Å². The second-order valence-corrected chi connectivity index (χ2v) is 4.01. The molecule has 1 aromatic heterocycles. The van der Waals surface area contributed by atoms with Gasteiger partial charge in [-0.3, -0.25) is 9.58 Å². The second kappa shape index (κ2) is 5.88. The lowest BCUT2D eigenvalue weighted by molar-refractivity contribution is 0.266. The Morgan fingerprint density at radius 3 is 2.73 bits per heavy atom. The Labute approximate surface area is 92.1 Å². The number of hydrogen-bond acceptors (Lipinski definition) is 3. The number of nitrogens with zero attached hydrogens (tertiary/aromatic N) is 3. The molecule has 15 heavy (non-hydrogen) atoms. The van der Waals surface area contributed by atoms with E-state index < -0.39 is 0 Å². The molecule has 1 heterocycles. The van der Waals surface area contributed by atoms with Gasteiger partial charge in [0.15, 0.2) is 0 Å². The van der Waals surface area contributed by atoms with Crippen molar-refractivity contribution in [2.75, 3.05) is 13.1 Å². The number of rotatable bonds is 6. The van der Waals surface area contributed by atoms with Gasteiger partial charge in [-0.1, -0.05) is 6.92 Å². The molecule has 1 aromatic rings. The predicted octanol–water partition coefficient (Wildman–Crippen LogP) is 1.07. The Balaban J connectivity index is 2.50. The fourth-order valence-electron chi connectivity index (χ4n) is 1.63. The minimum atomic E-state index is 0.228. The fraction of sp³-hybridized carbons (Fsp3) is 0.727. The first-order chi connectivity index (χ1) is 7.15. The van der Waals surface area contributed by atoms with Crippen LogP contribution in [0, 0.1) is 0 Å². The Morgan fingerprint density at radius 1 is 1.53 bits per heavy atom. The minimum absolute atomic E-state index is 0.228. The lowest BCUT2D eigenvalue weighted by atomic mass is 10.3. The van der Waals surface area contributed by atoms with Crippen LogP contribution in [0.25, 0.3) is 0 Å². The highest BCUT2D eigenvalue weighted by Gasteiger charge is 2.07. The number of hydrogen-bond donors (Lipinski definition) is 1. The summed E-state index contributed by atoms with van der Waals surface area (Å²) in [6.45, 7) is 10.1. The predicted molar refractivity (Wildman–Crippen MR) is 62.5 cm³/mol. The molecule has 1 atom stereocenters. The van der Waals surface area contributed by atoms with Gasteiger partial charge >= 0.3 is 0 Å². The maximum atomic E-state index is 5.79. The Kier molecular flexibility index (Phi) is 4.78. The summed E-state index contributed by atoms with van der Waals surface area (Å²) in [6, 6.07) is 0.228. The summed E-state index contributed by atoms with van der Waals surface area (Å²) >= 11 is 0. The third kappa shape index (κ3) is 4.01. The Morgan fingerprint density at radius 2 is 2.27 bits per heavy atom. The first kappa shape index (κ1) is 12.2. The maximum absolute atomic E-state index is 5.79. The van der Waals surface area contributed by atoms with Gasteiger partial charge in [-0.2, -0.15) is 5.10 Å². The van der Waals surface area contributed by atoms with Gasteiger partial charge in [0.05, 0.1) is 6.20 Å². The van der Waals surface area contributed by atoms with Gasteiger partial charge < -0.3 is 5.73 Å². The zero-order valence-corrected chi connectivity index (χ0v) is 9.98. The van der Waals surface area contributed by atoms with Crippen LogP contribution in [0.1, 0.15) is 26.3 Å². The van der Waals surface area contributed by atoms with E-state index in [1.54, 1.807) is 0 Å². The van der Waals surface area contributed by atoms with Crippen molar-refractivity contribution in [3.05, 3.63) is 18.0 Å². The van der Waals surface area contributed by atoms with Crippen LogP contribution in [0.2, 0.25) is 0 Å². The van der Waals surface area contributed by atoms with E-state index in [0.29, 0.717) is 0 Å². The van der Waals surface area contributed by atoms with Crippen LogP contribution < -0.4 is 5.73 Å². The Hall–Kier alpha value is -0.870. The third-order valence-electron chi connectivity index (χ3n) is 2.41. The third-order valence-corrected chi connectivity index (χ3v) is 2.41. The summed E-state index contributed by atoms with van der Waals surface area (Å²) in [7, 11) is 0. The largest absolute Gasteiger partial charge is 0.327 e. The molecule has 1 unspecified atom stereocenters. The molecular weight excluding hydrogens is 188 g/mol. The van der Waals surface area contributed by atoms with Crippen molar-refractivity contribution >= 4 is 0 Å². The van der Waals surface area contributed by atoms with Crippen LogP contribution >= 0.6 is 0 Å². The van der Waals surface area contributed by atoms with Crippen LogP contribution in [0.4, 0.5) is 0 Å². The standard InChI is InChI=1S/C11H22N4/c1-4-14(7-10(3)12)8-11-6-13-15(5-2)9-11/h6,9-10H,4-5,7-8,12H2,1-3H3. The summed E-state index contributed by atoms with van der Waals surface area (Å²) in [6.07, 6.45) is 4.04. The zero-order chi connectivity index (χ0) is 11.3. The quantitative estimate of drug-likeness (QED) is 0.764. The van der Waals surface area contributed by atoms with Gasteiger partial charge in [0, 0.05) is 37.4 Å². The van der Waals surface area contributed by atoms with Crippen molar-refractivity contribution < 1.29 is 0 Å². The molecule has 0 spiro atoms. The first-order valence-corrected chi connectivity index (χ1v) is 5.65. The van der Waals surface area contributed by atoms with Gasteiger partial charge in [-0.15, -0.1) is 0 Å². The highest BCUT2D eigenvalue weighted by Crippen LogP contribution is 2.03. The van der Waals surface area contributed by atoms with Gasteiger partial charge in [-0.05, 0) is 20.4 Å². The van der Waals surface area contributed by atoms with Crippen molar-refractivity contribution in [3.8, 4) is 0 Å². The average Bonchev–Trinajstić information content (AvgIpc) is 2.64. The fourth-order valence-corrected chi connectivity index (χ4v) is 1.63. The summed E-state index contributed by atoms with van der Waals surface area (Å²) in [4.78, 5) is 2.34. The van der Waals surface area contributed by atoms with Crippen molar-refractivity contribution in [2.24, 2.45) is 5.73 Å². The number of aryl methyl sites for hydroxylation is 1. The summed E-state index contributed by atoms with van der Waals surface area (Å²) in [5, 5.41) is 4.26. The molecule has 0 fully saturated rings.